The van der Waals surface area contributed by atoms with Crippen LogP contribution >= 0.6 is 0 Å². The Kier molecular flexibility index (Phi) is 2.27. The first-order valence-corrected chi connectivity index (χ1v) is 4.96. The number of hydrogen-bond donors (Lipinski definition) is 1. The van der Waals surface area contributed by atoms with Crippen LogP contribution in [-0.2, 0) is 0 Å². The topological polar surface area (TPSA) is 61.0 Å². The molecular weight excluding hydrogens is 178 g/mol. The smallest absolute Gasteiger partial charge is 0.223 e. The molecule has 0 bridgehead atoms. The van der Waals surface area contributed by atoms with Crippen LogP contribution in [0.5, 0.6) is 5.88 Å². The summed E-state index contributed by atoms with van der Waals surface area (Å²) in [6.45, 7) is 3.93. The van der Waals surface area contributed by atoms with Crippen LogP contribution in [0.25, 0.3) is 0 Å². The summed E-state index contributed by atoms with van der Waals surface area (Å²) in [5, 5.41) is 0. The number of rotatable bonds is 3. The lowest BCUT2D eigenvalue weighted by Crippen LogP contribution is -2.09. The minimum Gasteiger partial charge on any atom is -0.475 e. The predicted molar refractivity (Wildman–Crippen MR) is 54.2 cm³/mol. The fourth-order valence-electron chi connectivity index (χ4n) is 1.35. The van der Waals surface area contributed by atoms with E-state index in [-0.39, 0.29) is 6.10 Å². The molecule has 1 aliphatic rings. The second kappa shape index (κ2) is 3.44. The predicted octanol–water partition coefficient (Wildman–Crippen LogP) is 1.72. The van der Waals surface area contributed by atoms with Crippen LogP contribution in [-0.4, -0.2) is 16.1 Å². The van der Waals surface area contributed by atoms with Gasteiger partial charge < -0.3 is 10.5 Å². The highest BCUT2D eigenvalue weighted by Crippen LogP contribution is 2.39. The molecule has 0 amide bonds. The Morgan fingerprint density at radius 2 is 2.14 bits per heavy atom. The molecule has 14 heavy (non-hydrogen) atoms. The Labute approximate surface area is 83.5 Å². The van der Waals surface area contributed by atoms with Crippen LogP contribution in [0.15, 0.2) is 6.07 Å². The summed E-state index contributed by atoms with van der Waals surface area (Å²) in [5.41, 5.74) is 6.62. The summed E-state index contributed by atoms with van der Waals surface area (Å²) in [6.07, 6.45) is 2.53. The van der Waals surface area contributed by atoms with Crippen LogP contribution in [0, 0.1) is 0 Å². The third-order valence-corrected chi connectivity index (χ3v) is 2.09. The minimum absolute atomic E-state index is 0.122. The molecular formula is C10H15N3O. The van der Waals surface area contributed by atoms with Gasteiger partial charge in [-0.1, -0.05) is 0 Å². The van der Waals surface area contributed by atoms with Crippen LogP contribution in [0.1, 0.15) is 38.3 Å². The minimum atomic E-state index is 0.122. The number of anilines is 1. The highest BCUT2D eigenvalue weighted by Gasteiger charge is 2.26. The van der Waals surface area contributed by atoms with E-state index in [1.807, 2.05) is 19.9 Å². The van der Waals surface area contributed by atoms with E-state index in [1.54, 1.807) is 0 Å². The molecule has 2 N–H and O–H groups in total. The number of hydrogen-bond acceptors (Lipinski definition) is 4. The van der Waals surface area contributed by atoms with E-state index in [1.165, 1.54) is 12.8 Å². The van der Waals surface area contributed by atoms with E-state index in [0.29, 0.717) is 17.7 Å². The van der Waals surface area contributed by atoms with Gasteiger partial charge in [0.2, 0.25) is 11.8 Å². The van der Waals surface area contributed by atoms with Gasteiger partial charge in [0.25, 0.3) is 0 Å². The molecule has 0 radical (unpaired) electrons. The zero-order valence-corrected chi connectivity index (χ0v) is 8.53. The lowest BCUT2D eigenvalue weighted by Gasteiger charge is -2.09. The third-order valence-electron chi connectivity index (χ3n) is 2.09. The van der Waals surface area contributed by atoms with Gasteiger partial charge in [-0.05, 0) is 26.7 Å². The van der Waals surface area contributed by atoms with E-state index in [0.717, 1.165) is 5.69 Å². The molecule has 1 fully saturated rings. The molecule has 4 nitrogen and oxygen atoms in total. The highest BCUT2D eigenvalue weighted by molar-refractivity contribution is 5.29. The molecule has 2 rings (SSSR count). The SMILES string of the molecule is CC(C)Oc1cc(C2CC2)nc(N)n1. The number of nitrogens with two attached hydrogens (primary N) is 1. The maximum Gasteiger partial charge on any atom is 0.223 e. The third kappa shape index (κ3) is 2.13. The first-order chi connectivity index (χ1) is 6.65. The average Bonchev–Trinajstić information content (AvgIpc) is 2.82. The van der Waals surface area contributed by atoms with Crippen molar-refractivity contribution in [2.75, 3.05) is 5.73 Å². The Balaban J connectivity index is 2.22. The second-order valence-corrected chi connectivity index (χ2v) is 3.93. The highest BCUT2D eigenvalue weighted by atomic mass is 16.5. The van der Waals surface area contributed by atoms with Gasteiger partial charge in [0.1, 0.15) is 0 Å². The van der Waals surface area contributed by atoms with E-state index in [9.17, 15) is 0 Å². The Morgan fingerprint density at radius 1 is 1.43 bits per heavy atom. The molecule has 1 aromatic rings. The molecule has 1 saturated carbocycles. The van der Waals surface area contributed by atoms with E-state index in [4.69, 9.17) is 10.5 Å². The van der Waals surface area contributed by atoms with Crippen molar-refractivity contribution < 1.29 is 4.74 Å². The summed E-state index contributed by atoms with van der Waals surface area (Å²) in [5.74, 6) is 1.48. The van der Waals surface area contributed by atoms with Gasteiger partial charge in [-0.25, -0.2) is 4.98 Å². The quantitative estimate of drug-likeness (QED) is 0.794. The van der Waals surface area contributed by atoms with E-state index in [2.05, 4.69) is 9.97 Å². The summed E-state index contributed by atoms with van der Waals surface area (Å²) >= 11 is 0. The Hall–Kier alpha value is -1.32. The van der Waals surface area contributed by atoms with Crippen molar-refractivity contribution >= 4 is 5.95 Å². The normalized spacial score (nSPS) is 15.9. The van der Waals surface area contributed by atoms with E-state index < -0.39 is 0 Å². The number of aromatic nitrogens is 2. The number of ether oxygens (including phenoxy) is 1. The zero-order valence-electron chi connectivity index (χ0n) is 8.53. The molecule has 4 heteroatoms. The van der Waals surface area contributed by atoms with Crippen molar-refractivity contribution in [1.29, 1.82) is 0 Å². The first-order valence-electron chi connectivity index (χ1n) is 4.96. The van der Waals surface area contributed by atoms with Gasteiger partial charge >= 0.3 is 0 Å². The summed E-state index contributed by atoms with van der Waals surface area (Å²) in [4.78, 5) is 8.22. The molecule has 0 spiro atoms. The largest absolute Gasteiger partial charge is 0.475 e. The summed E-state index contributed by atoms with van der Waals surface area (Å²) in [6, 6.07) is 1.90. The monoisotopic (exact) mass is 193 g/mol. The number of nitrogen functional groups attached to an aromatic ring is 1. The van der Waals surface area contributed by atoms with Crippen molar-refractivity contribution in [3.8, 4) is 5.88 Å². The standard InChI is InChI=1S/C10H15N3O/c1-6(2)14-9-5-8(7-3-4-7)12-10(11)13-9/h5-7H,3-4H2,1-2H3,(H2,11,12,13). The van der Waals surface area contributed by atoms with Crippen LogP contribution in [0.3, 0.4) is 0 Å². The van der Waals surface area contributed by atoms with Crippen molar-refractivity contribution in [3.63, 3.8) is 0 Å². The molecule has 76 valence electrons. The zero-order chi connectivity index (χ0) is 10.1. The molecule has 1 aliphatic carbocycles. The van der Waals surface area contributed by atoms with Crippen LogP contribution in [0.4, 0.5) is 5.95 Å². The second-order valence-electron chi connectivity index (χ2n) is 3.93. The maximum atomic E-state index is 5.60. The summed E-state index contributed by atoms with van der Waals surface area (Å²) in [7, 11) is 0. The first kappa shape index (κ1) is 9.24. The fourth-order valence-corrected chi connectivity index (χ4v) is 1.35. The van der Waals surface area contributed by atoms with Crippen molar-refractivity contribution in [2.45, 2.75) is 38.7 Å². The average molecular weight is 193 g/mol. The van der Waals surface area contributed by atoms with Crippen LogP contribution in [0.2, 0.25) is 0 Å². The molecule has 0 saturated heterocycles. The lowest BCUT2D eigenvalue weighted by molar-refractivity contribution is 0.232. The molecule has 0 aromatic carbocycles. The molecule has 0 aliphatic heterocycles. The van der Waals surface area contributed by atoms with Gasteiger partial charge in [0, 0.05) is 12.0 Å². The fraction of sp³-hybridized carbons (Fsp3) is 0.600. The lowest BCUT2D eigenvalue weighted by atomic mass is 10.3. The molecule has 1 aromatic heterocycles. The summed E-state index contributed by atoms with van der Waals surface area (Å²) < 4.78 is 5.48. The van der Waals surface area contributed by atoms with Gasteiger partial charge in [-0.3, -0.25) is 0 Å². The van der Waals surface area contributed by atoms with Crippen LogP contribution < -0.4 is 10.5 Å². The van der Waals surface area contributed by atoms with Gasteiger partial charge in [-0.2, -0.15) is 4.98 Å². The maximum absolute atomic E-state index is 5.60. The van der Waals surface area contributed by atoms with Gasteiger partial charge in [0.15, 0.2) is 0 Å². The van der Waals surface area contributed by atoms with Gasteiger partial charge in [-0.15, -0.1) is 0 Å². The Bertz CT molecular complexity index is 334. The molecule has 1 heterocycles. The molecule has 0 unspecified atom stereocenters. The van der Waals surface area contributed by atoms with E-state index >= 15 is 0 Å². The van der Waals surface area contributed by atoms with Crippen molar-refractivity contribution in [1.82, 2.24) is 9.97 Å². The van der Waals surface area contributed by atoms with Crippen molar-refractivity contribution in [3.05, 3.63) is 11.8 Å². The Morgan fingerprint density at radius 3 is 2.71 bits per heavy atom. The number of nitrogens with zero attached hydrogens (tertiary/aromatic N) is 2. The molecule has 0 atom stereocenters. The van der Waals surface area contributed by atoms with Gasteiger partial charge in [0.05, 0.1) is 11.8 Å². The van der Waals surface area contributed by atoms with Crippen molar-refractivity contribution in [2.24, 2.45) is 0 Å².